The minimum absolute atomic E-state index is 0.00665. The second-order valence-electron chi connectivity index (χ2n) is 6.50. The zero-order valence-electron chi connectivity index (χ0n) is 15.0. The molecular formula is C19H27ClN2O3. The van der Waals surface area contributed by atoms with E-state index >= 15 is 0 Å². The van der Waals surface area contributed by atoms with Crippen LogP contribution in [0, 0.1) is 13.8 Å². The van der Waals surface area contributed by atoms with E-state index in [1.54, 1.807) is 0 Å². The number of aryl methyl sites for hydroxylation is 1. The summed E-state index contributed by atoms with van der Waals surface area (Å²) in [4.78, 5) is 25.9. The van der Waals surface area contributed by atoms with Gasteiger partial charge in [-0.15, -0.1) is 11.6 Å². The lowest BCUT2D eigenvalue weighted by atomic mass is 10.0. The number of hydrogen-bond donors (Lipinski definition) is 1. The third kappa shape index (κ3) is 5.92. The van der Waals surface area contributed by atoms with Gasteiger partial charge >= 0.3 is 0 Å². The lowest BCUT2D eigenvalue weighted by molar-refractivity contribution is -0.134. The van der Waals surface area contributed by atoms with Gasteiger partial charge in [0, 0.05) is 31.4 Å². The molecule has 6 heteroatoms. The van der Waals surface area contributed by atoms with E-state index in [1.807, 2.05) is 36.9 Å². The summed E-state index contributed by atoms with van der Waals surface area (Å²) in [5, 5.41) is 3.02. The highest BCUT2D eigenvalue weighted by Gasteiger charge is 2.24. The molecule has 0 atom stereocenters. The second-order valence-corrected chi connectivity index (χ2v) is 6.88. The predicted octanol–water partition coefficient (Wildman–Crippen LogP) is 2.81. The number of likely N-dealkylation sites (tertiary alicyclic amines) is 1. The molecule has 0 radical (unpaired) electrons. The Bertz CT molecular complexity index is 598. The van der Waals surface area contributed by atoms with Gasteiger partial charge in [-0.3, -0.25) is 9.59 Å². The number of carbonyl (C=O) groups is 2. The normalized spacial score (nSPS) is 15.1. The number of halogens is 1. The molecule has 0 aliphatic carbocycles. The zero-order chi connectivity index (χ0) is 18.2. The number of rotatable bonds is 7. The van der Waals surface area contributed by atoms with Gasteiger partial charge < -0.3 is 15.0 Å². The molecule has 0 unspecified atom stereocenters. The molecule has 1 heterocycles. The summed E-state index contributed by atoms with van der Waals surface area (Å²) >= 11 is 5.60. The summed E-state index contributed by atoms with van der Waals surface area (Å²) in [5.74, 6) is 1.30. The highest BCUT2D eigenvalue weighted by atomic mass is 35.5. The van der Waals surface area contributed by atoms with Gasteiger partial charge in [0.1, 0.15) is 5.75 Å². The molecule has 5 nitrogen and oxygen atoms in total. The molecule has 0 spiro atoms. The monoisotopic (exact) mass is 366 g/mol. The number of amides is 2. The predicted molar refractivity (Wildman–Crippen MR) is 99.1 cm³/mol. The molecule has 1 fully saturated rings. The van der Waals surface area contributed by atoms with Crippen LogP contribution in [-0.4, -0.2) is 48.3 Å². The van der Waals surface area contributed by atoms with Crippen molar-refractivity contribution in [2.45, 2.75) is 45.6 Å². The van der Waals surface area contributed by atoms with Gasteiger partial charge in [0.05, 0.1) is 0 Å². The van der Waals surface area contributed by atoms with Gasteiger partial charge in [-0.05, 0) is 50.3 Å². The van der Waals surface area contributed by atoms with Crippen LogP contribution in [0.15, 0.2) is 18.2 Å². The van der Waals surface area contributed by atoms with E-state index in [4.69, 9.17) is 16.3 Å². The minimum atomic E-state index is -0.00665. The molecular weight excluding hydrogens is 340 g/mol. The van der Waals surface area contributed by atoms with Crippen LogP contribution < -0.4 is 10.1 Å². The first-order chi connectivity index (χ1) is 12.0. The average molecular weight is 367 g/mol. The van der Waals surface area contributed by atoms with Crippen LogP contribution in [0.4, 0.5) is 0 Å². The SMILES string of the molecule is Cc1cccc(OCC(=O)N2CCC(NC(=O)CCCCl)CC2)c1C. The van der Waals surface area contributed by atoms with E-state index in [0.29, 0.717) is 31.8 Å². The van der Waals surface area contributed by atoms with E-state index in [-0.39, 0.29) is 24.5 Å². The van der Waals surface area contributed by atoms with Crippen LogP contribution in [0.25, 0.3) is 0 Å². The van der Waals surface area contributed by atoms with Crippen molar-refractivity contribution in [3.8, 4) is 5.75 Å². The Morgan fingerprint density at radius 3 is 2.68 bits per heavy atom. The van der Waals surface area contributed by atoms with Gasteiger partial charge in [-0.1, -0.05) is 12.1 Å². The first kappa shape index (κ1) is 19.6. The summed E-state index contributed by atoms with van der Waals surface area (Å²) in [5.41, 5.74) is 2.21. The molecule has 138 valence electrons. The fourth-order valence-corrected chi connectivity index (χ4v) is 3.05. The summed E-state index contributed by atoms with van der Waals surface area (Å²) in [6, 6.07) is 5.99. The molecule has 25 heavy (non-hydrogen) atoms. The van der Waals surface area contributed by atoms with Crippen molar-refractivity contribution in [1.82, 2.24) is 10.2 Å². The van der Waals surface area contributed by atoms with E-state index in [0.717, 1.165) is 29.7 Å². The maximum Gasteiger partial charge on any atom is 0.260 e. The number of carbonyl (C=O) groups excluding carboxylic acids is 2. The number of piperidine rings is 1. The van der Waals surface area contributed by atoms with Crippen LogP contribution in [0.2, 0.25) is 0 Å². The maximum atomic E-state index is 12.3. The number of alkyl halides is 1. The summed E-state index contributed by atoms with van der Waals surface area (Å²) in [6.07, 6.45) is 2.72. The second kappa shape index (κ2) is 9.66. The molecule has 1 aromatic rings. The number of nitrogens with zero attached hydrogens (tertiary/aromatic N) is 1. The minimum Gasteiger partial charge on any atom is -0.483 e. The van der Waals surface area contributed by atoms with Crippen LogP contribution >= 0.6 is 11.6 Å². The van der Waals surface area contributed by atoms with E-state index in [2.05, 4.69) is 5.32 Å². The quantitative estimate of drug-likeness (QED) is 0.755. The largest absolute Gasteiger partial charge is 0.483 e. The number of nitrogens with one attached hydrogen (secondary N) is 1. The molecule has 0 bridgehead atoms. The van der Waals surface area contributed by atoms with Gasteiger partial charge in [-0.25, -0.2) is 0 Å². The summed E-state index contributed by atoms with van der Waals surface area (Å²) in [6.45, 7) is 5.37. The van der Waals surface area contributed by atoms with Crippen molar-refractivity contribution in [2.24, 2.45) is 0 Å². The molecule has 1 aliphatic heterocycles. The Morgan fingerprint density at radius 2 is 2.00 bits per heavy atom. The summed E-state index contributed by atoms with van der Waals surface area (Å²) < 4.78 is 5.69. The molecule has 1 aliphatic rings. The van der Waals surface area contributed by atoms with Crippen LogP contribution in [0.5, 0.6) is 5.75 Å². The average Bonchev–Trinajstić information content (AvgIpc) is 2.61. The lowest BCUT2D eigenvalue weighted by Crippen LogP contribution is -2.47. The van der Waals surface area contributed by atoms with E-state index < -0.39 is 0 Å². The van der Waals surface area contributed by atoms with Crippen molar-refractivity contribution in [1.29, 1.82) is 0 Å². The fourth-order valence-electron chi connectivity index (χ4n) is 2.91. The molecule has 0 aromatic heterocycles. The van der Waals surface area contributed by atoms with E-state index in [1.165, 1.54) is 0 Å². The van der Waals surface area contributed by atoms with Gasteiger partial charge in [0.15, 0.2) is 6.61 Å². The Kier molecular flexibility index (Phi) is 7.56. The topological polar surface area (TPSA) is 58.6 Å². The van der Waals surface area contributed by atoms with Crippen LogP contribution in [0.1, 0.15) is 36.8 Å². The highest BCUT2D eigenvalue weighted by Crippen LogP contribution is 2.20. The third-order valence-electron chi connectivity index (χ3n) is 4.66. The smallest absolute Gasteiger partial charge is 0.260 e. The van der Waals surface area contributed by atoms with Crippen molar-refractivity contribution in [2.75, 3.05) is 25.6 Å². The number of ether oxygens (including phenoxy) is 1. The highest BCUT2D eigenvalue weighted by molar-refractivity contribution is 6.17. The standard InChI is InChI=1S/C19H27ClN2O3/c1-14-5-3-6-17(15(14)2)25-13-19(24)22-11-8-16(9-12-22)21-18(23)7-4-10-20/h3,5-6,16H,4,7-13H2,1-2H3,(H,21,23). The Balaban J connectivity index is 1.74. The van der Waals surface area contributed by atoms with E-state index in [9.17, 15) is 9.59 Å². The van der Waals surface area contributed by atoms with Crippen LogP contribution in [-0.2, 0) is 9.59 Å². The molecule has 1 N–H and O–H groups in total. The Hall–Kier alpha value is -1.75. The number of benzene rings is 1. The van der Waals surface area contributed by atoms with Crippen molar-refractivity contribution in [3.63, 3.8) is 0 Å². The summed E-state index contributed by atoms with van der Waals surface area (Å²) in [7, 11) is 0. The van der Waals surface area contributed by atoms with Crippen molar-refractivity contribution >= 4 is 23.4 Å². The maximum absolute atomic E-state index is 12.3. The first-order valence-electron chi connectivity index (χ1n) is 8.83. The number of hydrogen-bond acceptors (Lipinski definition) is 3. The lowest BCUT2D eigenvalue weighted by Gasteiger charge is -2.32. The molecule has 0 saturated carbocycles. The van der Waals surface area contributed by atoms with Crippen LogP contribution in [0.3, 0.4) is 0 Å². The fraction of sp³-hybridized carbons (Fsp3) is 0.579. The molecule has 1 aromatic carbocycles. The molecule has 1 saturated heterocycles. The molecule has 2 amide bonds. The van der Waals surface area contributed by atoms with Gasteiger partial charge in [0.25, 0.3) is 5.91 Å². The van der Waals surface area contributed by atoms with Gasteiger partial charge in [0.2, 0.25) is 5.91 Å². The zero-order valence-corrected chi connectivity index (χ0v) is 15.8. The van der Waals surface area contributed by atoms with Gasteiger partial charge in [-0.2, -0.15) is 0 Å². The van der Waals surface area contributed by atoms with Crippen molar-refractivity contribution in [3.05, 3.63) is 29.3 Å². The molecule has 2 rings (SSSR count). The first-order valence-corrected chi connectivity index (χ1v) is 9.37. The Morgan fingerprint density at radius 1 is 1.28 bits per heavy atom. The Labute approximate surface area is 154 Å². The third-order valence-corrected chi connectivity index (χ3v) is 4.92. The van der Waals surface area contributed by atoms with Crippen molar-refractivity contribution < 1.29 is 14.3 Å².